The molecule has 102 valence electrons. The van der Waals surface area contributed by atoms with Gasteiger partial charge in [-0.3, -0.25) is 4.79 Å². The zero-order valence-electron chi connectivity index (χ0n) is 10.9. The average Bonchev–Trinajstić information content (AvgIpc) is 3.20. The van der Waals surface area contributed by atoms with Crippen molar-refractivity contribution in [3.63, 3.8) is 0 Å². The molecule has 0 atom stereocenters. The first-order valence-corrected chi connectivity index (χ1v) is 6.48. The van der Waals surface area contributed by atoms with E-state index in [2.05, 4.69) is 5.32 Å². The second-order valence-electron chi connectivity index (χ2n) is 4.74. The highest BCUT2D eigenvalue weighted by Crippen LogP contribution is 2.27. The normalized spacial score (nSPS) is 13.9. The number of hydrogen-bond acceptors (Lipinski definition) is 2. The summed E-state index contributed by atoms with van der Waals surface area (Å²) < 4.78 is 0. The molecule has 2 rings (SSSR count). The molecule has 1 aromatic carbocycles. The van der Waals surface area contributed by atoms with Gasteiger partial charge in [-0.2, -0.15) is 0 Å². The molecule has 1 saturated carbocycles. The van der Waals surface area contributed by atoms with Crippen LogP contribution in [0.25, 0.3) is 0 Å². The number of nitrogens with zero attached hydrogens (tertiary/aromatic N) is 1. The number of carboxylic acid groups (broad SMARTS) is 1. The van der Waals surface area contributed by atoms with Crippen molar-refractivity contribution in [2.45, 2.75) is 32.2 Å². The summed E-state index contributed by atoms with van der Waals surface area (Å²) in [6, 6.07) is 7.33. The number of aryl methyl sites for hydroxylation is 1. The van der Waals surface area contributed by atoms with Crippen molar-refractivity contribution in [2.24, 2.45) is 0 Å². The van der Waals surface area contributed by atoms with Crippen molar-refractivity contribution in [3.8, 4) is 0 Å². The standard InChI is InChI=1S/C14H18N2O3/c1-2-10-4-3-5-11(8-10)15-14(19)16(9-13(17)18)12-6-7-12/h3-5,8,12H,2,6-7,9H2,1H3,(H,15,19)(H,17,18). The molecule has 5 nitrogen and oxygen atoms in total. The van der Waals surface area contributed by atoms with E-state index in [0.29, 0.717) is 5.69 Å². The minimum Gasteiger partial charge on any atom is -0.480 e. The van der Waals surface area contributed by atoms with Gasteiger partial charge in [0.25, 0.3) is 0 Å². The predicted molar refractivity (Wildman–Crippen MR) is 72.2 cm³/mol. The monoisotopic (exact) mass is 262 g/mol. The third kappa shape index (κ3) is 3.71. The molecule has 1 aromatic rings. The number of amides is 2. The third-order valence-corrected chi connectivity index (χ3v) is 3.14. The first-order valence-electron chi connectivity index (χ1n) is 6.48. The van der Waals surface area contributed by atoms with Crippen LogP contribution in [0, 0.1) is 0 Å². The SMILES string of the molecule is CCc1cccc(NC(=O)N(CC(=O)O)C2CC2)c1. The highest BCUT2D eigenvalue weighted by molar-refractivity contribution is 5.91. The number of rotatable bonds is 5. The minimum atomic E-state index is -0.982. The van der Waals surface area contributed by atoms with Crippen LogP contribution in [0.15, 0.2) is 24.3 Å². The maximum atomic E-state index is 12.1. The third-order valence-electron chi connectivity index (χ3n) is 3.14. The number of carboxylic acids is 1. The van der Waals surface area contributed by atoms with Gasteiger partial charge in [0.1, 0.15) is 6.54 Å². The molecule has 2 N–H and O–H groups in total. The Morgan fingerprint density at radius 2 is 2.16 bits per heavy atom. The fraction of sp³-hybridized carbons (Fsp3) is 0.429. The molecule has 0 spiro atoms. The Labute approximate surface area is 112 Å². The second kappa shape index (κ2) is 5.73. The van der Waals surface area contributed by atoms with Crippen LogP contribution in [0.3, 0.4) is 0 Å². The Balaban J connectivity index is 2.03. The molecule has 1 fully saturated rings. The van der Waals surface area contributed by atoms with Gasteiger partial charge in [0.2, 0.25) is 0 Å². The fourth-order valence-electron chi connectivity index (χ4n) is 1.96. The smallest absolute Gasteiger partial charge is 0.323 e. The molecule has 19 heavy (non-hydrogen) atoms. The summed E-state index contributed by atoms with van der Waals surface area (Å²) in [6.07, 6.45) is 2.66. The van der Waals surface area contributed by atoms with Gasteiger partial charge in [-0.05, 0) is 37.0 Å². The number of anilines is 1. The Bertz CT molecular complexity index is 483. The highest BCUT2D eigenvalue weighted by Gasteiger charge is 2.33. The molecule has 1 aliphatic rings. The second-order valence-corrected chi connectivity index (χ2v) is 4.74. The van der Waals surface area contributed by atoms with Crippen molar-refractivity contribution in [3.05, 3.63) is 29.8 Å². The molecule has 0 radical (unpaired) electrons. The summed E-state index contributed by atoms with van der Waals surface area (Å²) in [7, 11) is 0. The van der Waals surface area contributed by atoms with Gasteiger partial charge in [-0.15, -0.1) is 0 Å². The molecule has 0 aromatic heterocycles. The number of carbonyl (C=O) groups excluding carboxylic acids is 1. The van der Waals surface area contributed by atoms with Crippen LogP contribution in [-0.2, 0) is 11.2 Å². The summed E-state index contributed by atoms with van der Waals surface area (Å²) in [5, 5.41) is 11.6. The van der Waals surface area contributed by atoms with Crippen LogP contribution in [0.4, 0.5) is 10.5 Å². The fourth-order valence-corrected chi connectivity index (χ4v) is 1.96. The molecule has 0 saturated heterocycles. The number of nitrogens with one attached hydrogen (secondary N) is 1. The van der Waals surface area contributed by atoms with Crippen LogP contribution in [0.5, 0.6) is 0 Å². The summed E-state index contributed by atoms with van der Waals surface area (Å²) in [4.78, 5) is 24.2. The number of hydrogen-bond donors (Lipinski definition) is 2. The van der Waals surface area contributed by atoms with Gasteiger partial charge in [-0.1, -0.05) is 19.1 Å². The van der Waals surface area contributed by atoms with E-state index in [1.54, 1.807) is 0 Å². The summed E-state index contributed by atoms with van der Waals surface area (Å²) in [5.74, 6) is -0.982. The van der Waals surface area contributed by atoms with E-state index in [9.17, 15) is 9.59 Å². The molecule has 2 amide bonds. The number of urea groups is 1. The van der Waals surface area contributed by atoms with Crippen molar-refractivity contribution in [1.82, 2.24) is 4.90 Å². The quantitative estimate of drug-likeness (QED) is 0.855. The molecular formula is C14H18N2O3. The van der Waals surface area contributed by atoms with Crippen LogP contribution < -0.4 is 5.32 Å². The topological polar surface area (TPSA) is 69.6 Å². The van der Waals surface area contributed by atoms with E-state index in [0.717, 1.165) is 24.8 Å². The van der Waals surface area contributed by atoms with Gasteiger partial charge in [0.15, 0.2) is 0 Å². The summed E-state index contributed by atoms with van der Waals surface area (Å²) in [5.41, 5.74) is 1.84. The maximum absolute atomic E-state index is 12.1. The number of aliphatic carboxylic acids is 1. The van der Waals surface area contributed by atoms with Crippen LogP contribution in [0.1, 0.15) is 25.3 Å². The lowest BCUT2D eigenvalue weighted by molar-refractivity contribution is -0.137. The maximum Gasteiger partial charge on any atom is 0.323 e. The van der Waals surface area contributed by atoms with Crippen LogP contribution in [0.2, 0.25) is 0 Å². The highest BCUT2D eigenvalue weighted by atomic mass is 16.4. The van der Waals surface area contributed by atoms with E-state index in [1.807, 2.05) is 31.2 Å². The van der Waals surface area contributed by atoms with Gasteiger partial charge in [0.05, 0.1) is 0 Å². The molecule has 0 bridgehead atoms. The Morgan fingerprint density at radius 1 is 1.42 bits per heavy atom. The number of carbonyl (C=O) groups is 2. The summed E-state index contributed by atoms with van der Waals surface area (Å²) >= 11 is 0. The molecular weight excluding hydrogens is 244 g/mol. The molecule has 5 heteroatoms. The van der Waals surface area contributed by atoms with Gasteiger partial charge in [-0.25, -0.2) is 4.79 Å². The molecule has 0 heterocycles. The Kier molecular flexibility index (Phi) is 4.04. The van der Waals surface area contributed by atoms with Crippen molar-refractivity contribution in [2.75, 3.05) is 11.9 Å². The number of benzene rings is 1. The van der Waals surface area contributed by atoms with Gasteiger partial charge >= 0.3 is 12.0 Å². The molecule has 0 unspecified atom stereocenters. The van der Waals surface area contributed by atoms with Gasteiger partial charge in [0, 0.05) is 11.7 Å². The molecule has 0 aliphatic heterocycles. The minimum absolute atomic E-state index is 0.0745. The predicted octanol–water partition coefficient (Wildman–Crippen LogP) is 2.33. The van der Waals surface area contributed by atoms with Crippen LogP contribution >= 0.6 is 0 Å². The molecule has 1 aliphatic carbocycles. The van der Waals surface area contributed by atoms with E-state index in [1.165, 1.54) is 4.90 Å². The Morgan fingerprint density at radius 3 is 2.74 bits per heavy atom. The van der Waals surface area contributed by atoms with E-state index < -0.39 is 5.97 Å². The van der Waals surface area contributed by atoms with Crippen molar-refractivity contribution >= 4 is 17.7 Å². The first kappa shape index (κ1) is 13.4. The lowest BCUT2D eigenvalue weighted by Gasteiger charge is -2.20. The van der Waals surface area contributed by atoms with Crippen molar-refractivity contribution < 1.29 is 14.7 Å². The van der Waals surface area contributed by atoms with Crippen LogP contribution in [-0.4, -0.2) is 34.6 Å². The van der Waals surface area contributed by atoms with E-state index in [4.69, 9.17) is 5.11 Å². The lowest BCUT2D eigenvalue weighted by atomic mass is 10.1. The largest absolute Gasteiger partial charge is 0.480 e. The first-order chi connectivity index (χ1) is 9.10. The summed E-state index contributed by atoms with van der Waals surface area (Å²) in [6.45, 7) is 1.80. The van der Waals surface area contributed by atoms with Gasteiger partial charge < -0.3 is 15.3 Å². The van der Waals surface area contributed by atoms with Crippen molar-refractivity contribution in [1.29, 1.82) is 0 Å². The zero-order valence-corrected chi connectivity index (χ0v) is 10.9. The van der Waals surface area contributed by atoms with E-state index >= 15 is 0 Å². The lowest BCUT2D eigenvalue weighted by Crippen LogP contribution is -2.40. The average molecular weight is 262 g/mol. The Hall–Kier alpha value is -2.04. The van der Waals surface area contributed by atoms with E-state index in [-0.39, 0.29) is 18.6 Å². The zero-order chi connectivity index (χ0) is 13.8.